The van der Waals surface area contributed by atoms with E-state index in [2.05, 4.69) is 0 Å². The molecule has 2 aliphatic rings. The molecule has 2 aromatic heterocycles. The number of rotatable bonds is 4. The summed E-state index contributed by atoms with van der Waals surface area (Å²) in [5, 5.41) is 12.9. The Hall–Kier alpha value is -2.57. The van der Waals surface area contributed by atoms with Gasteiger partial charge in [0.1, 0.15) is 16.8 Å². The fourth-order valence-electron chi connectivity index (χ4n) is 3.92. The lowest BCUT2D eigenvalue weighted by Gasteiger charge is -2.23. The van der Waals surface area contributed by atoms with Crippen LogP contribution in [-0.2, 0) is 9.53 Å². The van der Waals surface area contributed by atoms with E-state index < -0.39 is 12.2 Å². The number of halogens is 1. The van der Waals surface area contributed by atoms with Gasteiger partial charge in [0.05, 0.1) is 18.2 Å². The Morgan fingerprint density at radius 3 is 2.72 bits per heavy atom. The molecule has 1 saturated carbocycles. The van der Waals surface area contributed by atoms with Crippen molar-refractivity contribution in [3.63, 3.8) is 0 Å². The van der Waals surface area contributed by atoms with E-state index in [1.165, 1.54) is 12.1 Å². The van der Waals surface area contributed by atoms with Crippen LogP contribution in [0.15, 0.2) is 41.8 Å². The van der Waals surface area contributed by atoms with Crippen molar-refractivity contribution in [3.8, 4) is 11.1 Å². The number of pyridine rings is 1. The molecule has 148 valence electrons. The van der Waals surface area contributed by atoms with Gasteiger partial charge >= 0.3 is 5.97 Å². The van der Waals surface area contributed by atoms with Gasteiger partial charge in [-0.05, 0) is 48.1 Å². The third-order valence-electron chi connectivity index (χ3n) is 5.45. The van der Waals surface area contributed by atoms with Gasteiger partial charge in [-0.3, -0.25) is 4.79 Å². The number of thiophene rings is 1. The summed E-state index contributed by atoms with van der Waals surface area (Å²) in [6.07, 6.45) is 5.30. The first-order chi connectivity index (χ1) is 14.1. The molecule has 1 aliphatic heterocycles. The number of carbonyl (C=O) groups is 1. The van der Waals surface area contributed by atoms with Crippen molar-refractivity contribution >= 4 is 33.6 Å². The number of carbonyl (C=O) groups excluding carboxylic acids is 1. The highest BCUT2D eigenvalue weighted by molar-refractivity contribution is 7.16. The first kappa shape index (κ1) is 18.5. The largest absolute Gasteiger partial charge is 0.458 e. The lowest BCUT2D eigenvalue weighted by Crippen LogP contribution is -2.31. The Balaban J connectivity index is 1.65. The second-order valence-electron chi connectivity index (χ2n) is 7.69. The standard InChI is InChI=1S/C23H20FNO3S/c24-15-5-3-13(4-6-15)21-18(8-7-17-11-16(26)12-20(27)28-17)22(14-1-2-14)25-23-19(21)9-10-29-23/h3-10,14,16-17,26H,1-2,11-12H2/b8-7+/t16-,17-/m1/s1. The first-order valence-corrected chi connectivity index (χ1v) is 10.7. The minimum absolute atomic E-state index is 0.0426. The summed E-state index contributed by atoms with van der Waals surface area (Å²) in [7, 11) is 0. The van der Waals surface area contributed by atoms with Crippen LogP contribution in [0.4, 0.5) is 4.39 Å². The van der Waals surface area contributed by atoms with Crippen LogP contribution in [0.5, 0.6) is 0 Å². The third-order valence-corrected chi connectivity index (χ3v) is 6.25. The number of ether oxygens (including phenoxy) is 1. The topological polar surface area (TPSA) is 59.4 Å². The fourth-order valence-corrected chi connectivity index (χ4v) is 4.70. The zero-order chi connectivity index (χ0) is 20.0. The number of hydrogen-bond donors (Lipinski definition) is 1. The molecule has 3 aromatic rings. The summed E-state index contributed by atoms with van der Waals surface area (Å²) < 4.78 is 18.9. The Morgan fingerprint density at radius 1 is 1.21 bits per heavy atom. The minimum Gasteiger partial charge on any atom is -0.458 e. The second kappa shape index (κ2) is 7.35. The molecule has 0 amide bonds. The van der Waals surface area contributed by atoms with Crippen LogP contribution >= 0.6 is 11.3 Å². The number of fused-ring (bicyclic) bond motifs is 1. The lowest BCUT2D eigenvalue weighted by atomic mass is 9.93. The van der Waals surface area contributed by atoms with E-state index in [9.17, 15) is 14.3 Å². The predicted octanol–water partition coefficient (Wildman–Crippen LogP) is 5.06. The molecule has 0 spiro atoms. The average molecular weight is 409 g/mol. The van der Waals surface area contributed by atoms with Crippen LogP contribution in [0.25, 0.3) is 27.4 Å². The molecule has 0 bridgehead atoms. The number of esters is 1. The molecule has 4 nitrogen and oxygen atoms in total. The molecule has 1 N–H and O–H groups in total. The van der Waals surface area contributed by atoms with E-state index in [0.717, 1.165) is 45.4 Å². The maximum absolute atomic E-state index is 13.5. The lowest BCUT2D eigenvalue weighted by molar-refractivity contribution is -0.156. The Bertz CT molecular complexity index is 1100. The molecule has 6 heteroatoms. The van der Waals surface area contributed by atoms with Crippen molar-refractivity contribution in [3.05, 3.63) is 58.9 Å². The Labute approximate surface area is 171 Å². The summed E-state index contributed by atoms with van der Waals surface area (Å²) in [5.41, 5.74) is 3.98. The molecule has 3 heterocycles. The number of aliphatic hydroxyl groups is 1. The smallest absolute Gasteiger partial charge is 0.309 e. The van der Waals surface area contributed by atoms with E-state index in [0.29, 0.717) is 12.3 Å². The monoisotopic (exact) mass is 409 g/mol. The molecule has 5 rings (SSSR count). The molecule has 0 unspecified atom stereocenters. The molecule has 1 aliphatic carbocycles. The summed E-state index contributed by atoms with van der Waals surface area (Å²) in [5.74, 6) is -0.238. The van der Waals surface area contributed by atoms with Gasteiger partial charge in [-0.2, -0.15) is 0 Å². The van der Waals surface area contributed by atoms with Gasteiger partial charge < -0.3 is 9.84 Å². The number of aliphatic hydroxyl groups excluding tert-OH is 1. The van der Waals surface area contributed by atoms with Crippen molar-refractivity contribution in [2.24, 2.45) is 0 Å². The van der Waals surface area contributed by atoms with Gasteiger partial charge in [0.2, 0.25) is 0 Å². The fraction of sp³-hybridized carbons (Fsp3) is 0.304. The number of nitrogens with zero attached hydrogens (tertiary/aromatic N) is 1. The van der Waals surface area contributed by atoms with Crippen molar-refractivity contribution in [1.29, 1.82) is 0 Å². The van der Waals surface area contributed by atoms with Gasteiger partial charge in [-0.1, -0.05) is 18.2 Å². The van der Waals surface area contributed by atoms with E-state index in [1.54, 1.807) is 23.5 Å². The van der Waals surface area contributed by atoms with Crippen LogP contribution in [0.3, 0.4) is 0 Å². The second-order valence-corrected chi connectivity index (χ2v) is 8.58. The van der Waals surface area contributed by atoms with Gasteiger partial charge in [0, 0.05) is 28.9 Å². The number of benzene rings is 1. The zero-order valence-corrected chi connectivity index (χ0v) is 16.5. The van der Waals surface area contributed by atoms with E-state index >= 15 is 0 Å². The molecular formula is C23H20FNO3S. The van der Waals surface area contributed by atoms with Crippen LogP contribution in [0.2, 0.25) is 0 Å². The normalized spacial score (nSPS) is 22.3. The number of cyclic esters (lactones) is 1. The average Bonchev–Trinajstić information content (AvgIpc) is 3.43. The zero-order valence-electron chi connectivity index (χ0n) is 15.7. The molecule has 2 fully saturated rings. The molecular weight excluding hydrogens is 389 g/mol. The summed E-state index contributed by atoms with van der Waals surface area (Å²) in [6, 6.07) is 8.57. The van der Waals surface area contributed by atoms with Crippen LogP contribution in [0.1, 0.15) is 42.9 Å². The Morgan fingerprint density at radius 2 is 2.00 bits per heavy atom. The van der Waals surface area contributed by atoms with Crippen LogP contribution in [-0.4, -0.2) is 28.3 Å². The van der Waals surface area contributed by atoms with E-state index in [-0.39, 0.29) is 18.2 Å². The van der Waals surface area contributed by atoms with Gasteiger partial charge in [-0.25, -0.2) is 9.37 Å². The van der Waals surface area contributed by atoms with Gasteiger partial charge in [0.15, 0.2) is 0 Å². The maximum atomic E-state index is 13.5. The quantitative estimate of drug-likeness (QED) is 0.612. The van der Waals surface area contributed by atoms with Crippen molar-refractivity contribution in [1.82, 2.24) is 4.98 Å². The van der Waals surface area contributed by atoms with Crippen molar-refractivity contribution in [2.45, 2.75) is 43.8 Å². The number of aromatic nitrogens is 1. The molecule has 29 heavy (non-hydrogen) atoms. The van der Waals surface area contributed by atoms with Crippen molar-refractivity contribution in [2.75, 3.05) is 0 Å². The highest BCUT2D eigenvalue weighted by Crippen LogP contribution is 2.46. The predicted molar refractivity (Wildman–Crippen MR) is 111 cm³/mol. The third kappa shape index (κ3) is 3.70. The summed E-state index contributed by atoms with van der Waals surface area (Å²) in [6.45, 7) is 0. The van der Waals surface area contributed by atoms with Gasteiger partial charge in [0.25, 0.3) is 0 Å². The maximum Gasteiger partial charge on any atom is 0.309 e. The summed E-state index contributed by atoms with van der Waals surface area (Å²) in [4.78, 5) is 17.6. The highest BCUT2D eigenvalue weighted by Gasteiger charge is 2.30. The highest BCUT2D eigenvalue weighted by atomic mass is 32.1. The van der Waals surface area contributed by atoms with E-state index in [4.69, 9.17) is 9.72 Å². The van der Waals surface area contributed by atoms with Gasteiger partial charge in [-0.15, -0.1) is 11.3 Å². The Kier molecular flexibility index (Phi) is 4.68. The van der Waals surface area contributed by atoms with Crippen LogP contribution < -0.4 is 0 Å². The van der Waals surface area contributed by atoms with Crippen LogP contribution in [0, 0.1) is 5.82 Å². The minimum atomic E-state index is -0.678. The molecule has 1 aromatic carbocycles. The van der Waals surface area contributed by atoms with E-state index in [1.807, 2.05) is 23.6 Å². The molecule has 0 radical (unpaired) electrons. The van der Waals surface area contributed by atoms with Crippen molar-refractivity contribution < 1.29 is 19.0 Å². The molecule has 1 saturated heterocycles. The number of hydrogen-bond acceptors (Lipinski definition) is 5. The first-order valence-electron chi connectivity index (χ1n) is 9.81. The SMILES string of the molecule is O=C1C[C@H](O)C[C@@H](/C=C/c2c(C3CC3)nc3sccc3c2-c2ccc(F)cc2)O1. The molecule has 2 atom stereocenters. The summed E-state index contributed by atoms with van der Waals surface area (Å²) >= 11 is 1.60.